The predicted octanol–water partition coefficient (Wildman–Crippen LogP) is 0.0271. The minimum absolute atomic E-state index is 0.0284. The molecule has 0 bridgehead atoms. The van der Waals surface area contributed by atoms with E-state index in [9.17, 15) is 43.4 Å². The number of nitrogens with two attached hydrogens (primary N) is 1. The van der Waals surface area contributed by atoms with E-state index in [0.29, 0.717) is 11.3 Å². The molecule has 2 saturated carbocycles. The van der Waals surface area contributed by atoms with Crippen LogP contribution in [0.1, 0.15) is 27.9 Å². The standard InChI is InChI=1S/C30H37FN4O9/c1-6-8-35(29(42)44-9-7-31)13-15-12-18(33(2)3)16-10-14-11-17-22(34(4)5)25(38)21(28(32)41)27(40)30(17,43)26(39)19(14)24(37)20(16)23(15)36/h6,12,14,17,19,21-22,36,43H,1,7-11,13H2,2-5H3,(H2,32,41)/t14-,17-,19?,21?,22-,30-/m0/s1. The van der Waals surface area contributed by atoms with Gasteiger partial charge in [0.05, 0.1) is 24.1 Å². The van der Waals surface area contributed by atoms with Gasteiger partial charge < -0.3 is 30.5 Å². The summed E-state index contributed by atoms with van der Waals surface area (Å²) in [7, 11) is 6.45. The van der Waals surface area contributed by atoms with Crippen molar-refractivity contribution in [1.29, 1.82) is 0 Å². The fourth-order valence-corrected chi connectivity index (χ4v) is 7.01. The van der Waals surface area contributed by atoms with E-state index in [2.05, 4.69) is 6.58 Å². The Bertz CT molecular complexity index is 1440. The fourth-order valence-electron chi connectivity index (χ4n) is 7.01. The Morgan fingerprint density at radius 1 is 1.18 bits per heavy atom. The third kappa shape index (κ3) is 5.05. The third-order valence-corrected chi connectivity index (χ3v) is 8.87. The van der Waals surface area contributed by atoms with E-state index in [1.807, 2.05) is 0 Å². The van der Waals surface area contributed by atoms with Gasteiger partial charge in [-0.05, 0) is 44.5 Å². The minimum atomic E-state index is -2.84. The van der Waals surface area contributed by atoms with Gasteiger partial charge in [0.25, 0.3) is 0 Å². The summed E-state index contributed by atoms with van der Waals surface area (Å²) < 4.78 is 17.5. The lowest BCUT2D eigenvalue weighted by Gasteiger charge is -2.52. The van der Waals surface area contributed by atoms with E-state index in [1.54, 1.807) is 25.1 Å². The van der Waals surface area contributed by atoms with E-state index in [4.69, 9.17) is 10.5 Å². The van der Waals surface area contributed by atoms with Crippen molar-refractivity contribution in [1.82, 2.24) is 9.80 Å². The molecule has 13 nitrogen and oxygen atoms in total. The molecule has 0 aromatic heterocycles. The Labute approximate surface area is 253 Å². The maximum atomic E-state index is 14.2. The van der Waals surface area contributed by atoms with Crippen LogP contribution in [0, 0.1) is 23.7 Å². The van der Waals surface area contributed by atoms with E-state index >= 15 is 0 Å². The van der Waals surface area contributed by atoms with Crippen molar-refractivity contribution in [2.45, 2.75) is 31.0 Å². The molecule has 0 spiro atoms. The summed E-state index contributed by atoms with van der Waals surface area (Å²) in [4.78, 5) is 83.9. The number of anilines is 1. The highest BCUT2D eigenvalue weighted by Gasteiger charge is 2.69. The molecule has 0 radical (unpaired) electrons. The second-order valence-corrected chi connectivity index (χ2v) is 11.9. The average Bonchev–Trinajstić information content (AvgIpc) is 2.94. The number of phenols is 1. The van der Waals surface area contributed by atoms with Crippen LogP contribution in [0.4, 0.5) is 14.9 Å². The number of rotatable bonds is 9. The van der Waals surface area contributed by atoms with Gasteiger partial charge in [-0.2, -0.15) is 0 Å². The van der Waals surface area contributed by atoms with Crippen LogP contribution in [0.5, 0.6) is 5.75 Å². The molecule has 4 rings (SSSR count). The quantitative estimate of drug-likeness (QED) is 0.251. The molecule has 4 N–H and O–H groups in total. The van der Waals surface area contributed by atoms with Gasteiger partial charge in [-0.15, -0.1) is 6.58 Å². The molecule has 14 heteroatoms. The number of hydrogen-bond acceptors (Lipinski definition) is 11. The van der Waals surface area contributed by atoms with E-state index in [1.165, 1.54) is 25.1 Å². The van der Waals surface area contributed by atoms with Crippen molar-refractivity contribution < 1.29 is 48.1 Å². The van der Waals surface area contributed by atoms with Crippen molar-refractivity contribution in [3.8, 4) is 5.75 Å². The maximum absolute atomic E-state index is 14.2. The number of fused-ring (bicyclic) bond motifs is 3. The van der Waals surface area contributed by atoms with Crippen molar-refractivity contribution in [3.63, 3.8) is 0 Å². The van der Waals surface area contributed by atoms with Gasteiger partial charge in [0.1, 0.15) is 19.0 Å². The van der Waals surface area contributed by atoms with E-state index in [0.717, 1.165) is 4.90 Å². The van der Waals surface area contributed by atoms with Crippen molar-refractivity contribution in [2.24, 2.45) is 29.4 Å². The maximum Gasteiger partial charge on any atom is 0.410 e. The zero-order valence-electron chi connectivity index (χ0n) is 25.0. The zero-order chi connectivity index (χ0) is 32.8. The highest BCUT2D eigenvalue weighted by atomic mass is 19.1. The molecular weight excluding hydrogens is 579 g/mol. The number of carbonyl (C=O) groups is 6. The number of ketones is 4. The summed E-state index contributed by atoms with van der Waals surface area (Å²) in [5, 5.41) is 23.2. The summed E-state index contributed by atoms with van der Waals surface area (Å²) in [5.74, 6) is -11.6. The molecule has 2 amide bonds. The average molecular weight is 617 g/mol. The van der Waals surface area contributed by atoms with Crippen molar-refractivity contribution >= 4 is 40.8 Å². The third-order valence-electron chi connectivity index (χ3n) is 8.87. The van der Waals surface area contributed by atoms with Crippen LogP contribution in [0.2, 0.25) is 0 Å². The minimum Gasteiger partial charge on any atom is -0.507 e. The number of alkyl halides is 1. The van der Waals surface area contributed by atoms with Crippen LogP contribution in [-0.2, 0) is 36.9 Å². The van der Waals surface area contributed by atoms with Crippen LogP contribution in [0.15, 0.2) is 18.7 Å². The van der Waals surface area contributed by atoms with Crippen molar-refractivity contribution in [2.75, 3.05) is 52.9 Å². The lowest BCUT2D eigenvalue weighted by atomic mass is 9.52. The Kier molecular flexibility index (Phi) is 8.99. The Hall–Kier alpha value is -4.17. The highest BCUT2D eigenvalue weighted by molar-refractivity contribution is 6.32. The van der Waals surface area contributed by atoms with Crippen molar-refractivity contribution in [3.05, 3.63) is 35.4 Å². The van der Waals surface area contributed by atoms with Crippen LogP contribution in [0.25, 0.3) is 0 Å². The first-order chi connectivity index (χ1) is 20.6. The van der Waals surface area contributed by atoms with E-state index < -0.39 is 89.5 Å². The molecule has 3 aliphatic carbocycles. The number of carbonyl (C=O) groups excluding carboxylic acids is 6. The van der Waals surface area contributed by atoms with Gasteiger partial charge in [0, 0.05) is 37.8 Å². The second-order valence-electron chi connectivity index (χ2n) is 11.9. The number of aliphatic hydroxyl groups is 1. The summed E-state index contributed by atoms with van der Waals surface area (Å²) >= 11 is 0. The Morgan fingerprint density at radius 2 is 1.84 bits per heavy atom. The molecule has 2 fully saturated rings. The van der Waals surface area contributed by atoms with Gasteiger partial charge in [-0.25, -0.2) is 9.18 Å². The largest absolute Gasteiger partial charge is 0.507 e. The Balaban J connectivity index is 1.84. The molecule has 2 unspecified atom stereocenters. The van der Waals surface area contributed by atoms with Gasteiger partial charge >= 0.3 is 6.09 Å². The molecule has 1 aromatic carbocycles. The number of primary amides is 1. The van der Waals surface area contributed by atoms with E-state index in [-0.39, 0.29) is 37.1 Å². The number of benzene rings is 1. The number of hydrogen-bond donors (Lipinski definition) is 3. The van der Waals surface area contributed by atoms with Gasteiger partial charge in [-0.1, -0.05) is 6.08 Å². The summed E-state index contributed by atoms with van der Waals surface area (Å²) in [5.41, 5.74) is 3.38. The first-order valence-corrected chi connectivity index (χ1v) is 14.1. The molecule has 0 aliphatic heterocycles. The number of ether oxygens (including phenoxy) is 1. The fraction of sp³-hybridized carbons (Fsp3) is 0.533. The number of halogens is 1. The molecule has 6 atom stereocenters. The van der Waals surface area contributed by atoms with Gasteiger partial charge in [0.2, 0.25) is 5.91 Å². The lowest BCUT2D eigenvalue weighted by Crippen LogP contribution is -2.74. The van der Waals surface area contributed by atoms with Gasteiger partial charge in [-0.3, -0.25) is 28.9 Å². The molecule has 0 heterocycles. The summed E-state index contributed by atoms with van der Waals surface area (Å²) in [6.45, 7) is 1.94. The summed E-state index contributed by atoms with van der Waals surface area (Å²) in [6.07, 6.45) is 0.534. The lowest BCUT2D eigenvalue weighted by molar-refractivity contribution is -0.181. The Morgan fingerprint density at radius 3 is 2.39 bits per heavy atom. The number of phenolic OH excluding ortho intramolecular Hbond substituents is 1. The summed E-state index contributed by atoms with van der Waals surface area (Å²) in [6, 6.07) is 0.392. The first-order valence-electron chi connectivity index (χ1n) is 14.1. The predicted molar refractivity (Wildman–Crippen MR) is 154 cm³/mol. The smallest absolute Gasteiger partial charge is 0.410 e. The van der Waals surface area contributed by atoms with Gasteiger partial charge in [0.15, 0.2) is 34.7 Å². The molecule has 238 valence electrons. The zero-order valence-corrected chi connectivity index (χ0v) is 25.0. The normalized spacial score (nSPS) is 27.8. The highest BCUT2D eigenvalue weighted by Crippen LogP contribution is 2.52. The van der Waals surface area contributed by atoms with Crippen LogP contribution >= 0.6 is 0 Å². The number of Topliss-reactive ketones (excluding diaryl/α,β-unsaturated/α-hetero) is 4. The monoisotopic (exact) mass is 616 g/mol. The molecule has 0 saturated heterocycles. The first kappa shape index (κ1) is 32.7. The number of amides is 2. The topological polar surface area (TPSA) is 188 Å². The van der Waals surface area contributed by atoms with Crippen LogP contribution < -0.4 is 10.6 Å². The SMILES string of the molecule is C=CCN(Cc1cc(N(C)C)c2c(c1O)C(=O)C1C(=O)[C@]3(O)C(=O)C(C(N)=O)C(=O)[C@@H](N(C)C)[C@@H]3C[C@@H]1C2)C(=O)OCCF. The number of aromatic hydroxyl groups is 1. The second kappa shape index (κ2) is 12.1. The number of nitrogens with zero attached hydrogens (tertiary/aromatic N) is 3. The molecular formula is C30H37FN4O9. The molecule has 3 aliphatic rings. The van der Waals surface area contributed by atoms with Crippen LogP contribution in [-0.4, -0.2) is 115 Å². The number of likely N-dealkylation sites (N-methyl/N-ethyl adjacent to an activating group) is 1. The molecule has 1 aromatic rings. The van der Waals surface area contributed by atoms with Crippen LogP contribution in [0.3, 0.4) is 0 Å². The molecule has 44 heavy (non-hydrogen) atoms.